The van der Waals surface area contributed by atoms with E-state index < -0.39 is 0 Å². The van der Waals surface area contributed by atoms with E-state index >= 15 is 0 Å². The molecule has 0 fully saturated rings. The molecule has 0 aliphatic rings. The van der Waals surface area contributed by atoms with Gasteiger partial charge in [0.15, 0.2) is 11.5 Å². The summed E-state index contributed by atoms with van der Waals surface area (Å²) in [5.41, 5.74) is 0.624. The molecule has 0 aromatic heterocycles. The first kappa shape index (κ1) is 17.4. The largest absolute Gasteiger partial charge is 0.493 e. The highest BCUT2D eigenvalue weighted by atomic mass is 35.5. The number of hydrogen-bond acceptors (Lipinski definition) is 3. The first-order valence-corrected chi connectivity index (χ1v) is 7.83. The van der Waals surface area contributed by atoms with E-state index in [1.165, 1.54) is 0 Å². The highest BCUT2D eigenvalue weighted by Crippen LogP contribution is 2.26. The van der Waals surface area contributed by atoms with Gasteiger partial charge in [0.1, 0.15) is 6.61 Å². The van der Waals surface area contributed by atoms with Crippen LogP contribution in [0.1, 0.15) is 5.56 Å². The third-order valence-electron chi connectivity index (χ3n) is 3.15. The molecule has 1 amide bonds. The average Bonchev–Trinajstić information content (AvgIpc) is 2.55. The zero-order valence-corrected chi connectivity index (χ0v) is 14.2. The van der Waals surface area contributed by atoms with Crippen LogP contribution in [0.2, 0.25) is 10.0 Å². The Morgan fingerprint density at radius 1 is 1.04 bits per heavy atom. The van der Waals surface area contributed by atoms with Crippen molar-refractivity contribution in [1.29, 1.82) is 0 Å². The SMILES string of the molecule is COc1ccccc1OCCNC(=O)Cc1c(Cl)cccc1Cl. The van der Waals surface area contributed by atoms with Gasteiger partial charge in [-0.15, -0.1) is 0 Å². The van der Waals surface area contributed by atoms with Crippen LogP contribution in [0, 0.1) is 0 Å². The number of rotatable bonds is 7. The molecular formula is C17H17Cl2NO3. The van der Waals surface area contributed by atoms with Gasteiger partial charge in [-0.25, -0.2) is 0 Å². The first-order valence-electron chi connectivity index (χ1n) is 7.07. The van der Waals surface area contributed by atoms with Crippen molar-refractivity contribution in [3.8, 4) is 11.5 Å². The number of methoxy groups -OCH3 is 1. The molecule has 0 unspecified atom stereocenters. The summed E-state index contributed by atoms with van der Waals surface area (Å²) in [6.45, 7) is 0.710. The maximum atomic E-state index is 11.9. The number of ether oxygens (including phenoxy) is 2. The molecule has 122 valence electrons. The van der Waals surface area contributed by atoms with E-state index in [9.17, 15) is 4.79 Å². The van der Waals surface area contributed by atoms with Gasteiger partial charge in [0.05, 0.1) is 20.1 Å². The quantitative estimate of drug-likeness (QED) is 0.771. The standard InChI is InChI=1S/C17H17Cl2NO3/c1-22-15-7-2-3-8-16(15)23-10-9-20-17(21)11-12-13(18)5-4-6-14(12)19/h2-8H,9-11H2,1H3,(H,20,21). The van der Waals surface area contributed by atoms with Gasteiger partial charge >= 0.3 is 0 Å². The van der Waals surface area contributed by atoms with Gasteiger partial charge in [-0.3, -0.25) is 4.79 Å². The van der Waals surface area contributed by atoms with E-state index in [-0.39, 0.29) is 12.3 Å². The number of hydrogen-bond donors (Lipinski definition) is 1. The van der Waals surface area contributed by atoms with E-state index in [2.05, 4.69) is 5.32 Å². The van der Waals surface area contributed by atoms with Gasteiger partial charge in [-0.05, 0) is 29.8 Å². The molecule has 2 aromatic carbocycles. The molecule has 1 N–H and O–H groups in total. The zero-order valence-electron chi connectivity index (χ0n) is 12.6. The molecule has 4 nitrogen and oxygen atoms in total. The Balaban J connectivity index is 1.79. The van der Waals surface area contributed by atoms with E-state index in [1.54, 1.807) is 25.3 Å². The van der Waals surface area contributed by atoms with Crippen molar-refractivity contribution in [3.63, 3.8) is 0 Å². The smallest absolute Gasteiger partial charge is 0.224 e. The molecule has 2 aromatic rings. The second-order valence-electron chi connectivity index (χ2n) is 4.73. The minimum atomic E-state index is -0.163. The molecule has 23 heavy (non-hydrogen) atoms. The Bertz CT molecular complexity index is 656. The number of amides is 1. The topological polar surface area (TPSA) is 47.6 Å². The number of benzene rings is 2. The Morgan fingerprint density at radius 2 is 1.70 bits per heavy atom. The normalized spacial score (nSPS) is 10.2. The van der Waals surface area contributed by atoms with Crippen LogP contribution in [0.4, 0.5) is 0 Å². The minimum absolute atomic E-state index is 0.132. The molecular weight excluding hydrogens is 337 g/mol. The van der Waals surface area contributed by atoms with Crippen molar-refractivity contribution in [2.24, 2.45) is 0 Å². The van der Waals surface area contributed by atoms with Crippen LogP contribution in [-0.2, 0) is 11.2 Å². The lowest BCUT2D eigenvalue weighted by Crippen LogP contribution is -2.29. The van der Waals surface area contributed by atoms with E-state index in [4.69, 9.17) is 32.7 Å². The third-order valence-corrected chi connectivity index (χ3v) is 3.86. The fourth-order valence-corrected chi connectivity index (χ4v) is 2.54. The molecule has 6 heteroatoms. The van der Waals surface area contributed by atoms with Crippen LogP contribution in [0.3, 0.4) is 0 Å². The maximum absolute atomic E-state index is 11.9. The predicted octanol–water partition coefficient (Wildman–Crippen LogP) is 3.74. The fraction of sp³-hybridized carbons (Fsp3) is 0.235. The number of carbonyl (C=O) groups excluding carboxylic acids is 1. The second kappa shape index (κ2) is 8.65. The number of halogens is 2. The summed E-state index contributed by atoms with van der Waals surface area (Å²) >= 11 is 12.1. The molecule has 0 atom stereocenters. The summed E-state index contributed by atoms with van der Waals surface area (Å²) in [5, 5.41) is 3.74. The Labute approximate surface area is 145 Å². The van der Waals surface area contributed by atoms with Crippen LogP contribution in [0.5, 0.6) is 11.5 Å². The summed E-state index contributed by atoms with van der Waals surface area (Å²) in [5.74, 6) is 1.13. The van der Waals surface area contributed by atoms with Gasteiger partial charge in [0, 0.05) is 10.0 Å². The lowest BCUT2D eigenvalue weighted by Gasteiger charge is -2.11. The Hall–Kier alpha value is -1.91. The molecule has 2 rings (SSSR count). The highest BCUT2D eigenvalue weighted by Gasteiger charge is 2.10. The molecule has 0 spiro atoms. The van der Waals surface area contributed by atoms with E-state index in [0.717, 1.165) is 0 Å². The van der Waals surface area contributed by atoms with E-state index in [1.807, 2.05) is 24.3 Å². The molecule has 0 radical (unpaired) electrons. The first-order chi connectivity index (χ1) is 11.1. The number of carbonyl (C=O) groups is 1. The zero-order chi connectivity index (χ0) is 16.7. The van der Waals surface area contributed by atoms with Crippen LogP contribution < -0.4 is 14.8 Å². The van der Waals surface area contributed by atoms with Gasteiger partial charge in [0.2, 0.25) is 5.91 Å². The Morgan fingerprint density at radius 3 is 2.35 bits per heavy atom. The summed E-state index contributed by atoms with van der Waals surface area (Å²) < 4.78 is 10.8. The number of nitrogens with one attached hydrogen (secondary N) is 1. The monoisotopic (exact) mass is 353 g/mol. The maximum Gasteiger partial charge on any atom is 0.224 e. The summed E-state index contributed by atoms with van der Waals surface area (Å²) in [6, 6.07) is 12.5. The predicted molar refractivity (Wildman–Crippen MR) is 91.7 cm³/mol. The van der Waals surface area contributed by atoms with Crippen LogP contribution in [-0.4, -0.2) is 26.2 Å². The molecule has 0 saturated carbocycles. The van der Waals surface area contributed by atoms with Crippen LogP contribution in [0.15, 0.2) is 42.5 Å². The summed E-state index contributed by atoms with van der Waals surface area (Å²) in [6.07, 6.45) is 0.132. The van der Waals surface area contributed by atoms with Crippen molar-refractivity contribution in [2.75, 3.05) is 20.3 Å². The average molecular weight is 354 g/mol. The van der Waals surface area contributed by atoms with Gasteiger partial charge in [-0.2, -0.15) is 0 Å². The molecule has 0 aliphatic carbocycles. The van der Waals surface area contributed by atoms with Crippen molar-refractivity contribution >= 4 is 29.1 Å². The molecule has 0 aliphatic heterocycles. The van der Waals surface area contributed by atoms with Crippen molar-refractivity contribution in [1.82, 2.24) is 5.32 Å². The van der Waals surface area contributed by atoms with Crippen molar-refractivity contribution < 1.29 is 14.3 Å². The summed E-state index contributed by atoms with van der Waals surface area (Å²) in [4.78, 5) is 11.9. The van der Waals surface area contributed by atoms with Crippen LogP contribution in [0.25, 0.3) is 0 Å². The van der Waals surface area contributed by atoms with E-state index in [0.29, 0.717) is 40.3 Å². The Kier molecular flexibility index (Phi) is 6.56. The molecule has 0 heterocycles. The molecule has 0 bridgehead atoms. The van der Waals surface area contributed by atoms with Crippen molar-refractivity contribution in [3.05, 3.63) is 58.1 Å². The van der Waals surface area contributed by atoms with Gasteiger partial charge in [0.25, 0.3) is 0 Å². The fourth-order valence-electron chi connectivity index (χ4n) is 2.01. The van der Waals surface area contributed by atoms with Crippen molar-refractivity contribution in [2.45, 2.75) is 6.42 Å². The summed E-state index contributed by atoms with van der Waals surface area (Å²) in [7, 11) is 1.58. The lowest BCUT2D eigenvalue weighted by molar-refractivity contribution is -0.120. The second-order valence-corrected chi connectivity index (χ2v) is 5.54. The minimum Gasteiger partial charge on any atom is -0.493 e. The number of para-hydroxylation sites is 2. The highest BCUT2D eigenvalue weighted by molar-refractivity contribution is 6.36. The van der Waals surface area contributed by atoms with Crippen LogP contribution >= 0.6 is 23.2 Å². The lowest BCUT2D eigenvalue weighted by atomic mass is 10.1. The van der Waals surface area contributed by atoms with Gasteiger partial charge in [-0.1, -0.05) is 41.4 Å². The third kappa shape index (κ3) is 5.05. The van der Waals surface area contributed by atoms with Gasteiger partial charge < -0.3 is 14.8 Å². The molecule has 0 saturated heterocycles.